The smallest absolute Gasteiger partial charge is 0.152 e. The third-order valence-corrected chi connectivity index (χ3v) is 8.61. The Labute approximate surface area is 237 Å². The van der Waals surface area contributed by atoms with Crippen molar-refractivity contribution in [2.75, 3.05) is 0 Å². The summed E-state index contributed by atoms with van der Waals surface area (Å²) in [5.41, 5.74) is 12.0. The summed E-state index contributed by atoms with van der Waals surface area (Å²) >= 11 is 0. The molecule has 194 valence electrons. The Hall–Kier alpha value is -5.28. The molecular formula is C38H26N2O. The van der Waals surface area contributed by atoms with Crippen molar-refractivity contribution in [2.45, 2.75) is 13.8 Å². The molecule has 0 N–H and O–H groups in total. The highest BCUT2D eigenvalue weighted by Crippen LogP contribution is 2.47. The molecule has 3 heterocycles. The first kappa shape index (κ1) is 22.5. The molecule has 0 radical (unpaired) electrons. The normalized spacial score (nSPS) is 12.3. The van der Waals surface area contributed by atoms with Crippen LogP contribution in [0, 0.1) is 13.8 Å². The summed E-state index contributed by atoms with van der Waals surface area (Å²) in [6, 6.07) is 43.9. The maximum atomic E-state index is 6.34. The van der Waals surface area contributed by atoms with Crippen molar-refractivity contribution in [3.8, 4) is 34.0 Å². The van der Waals surface area contributed by atoms with Crippen molar-refractivity contribution < 1.29 is 4.74 Å². The number of benzene rings is 6. The molecule has 0 spiro atoms. The van der Waals surface area contributed by atoms with Crippen LogP contribution in [0.15, 0.2) is 121 Å². The second-order valence-electron chi connectivity index (χ2n) is 11.2. The Morgan fingerprint density at radius 1 is 0.512 bits per heavy atom. The minimum absolute atomic E-state index is 0.885. The number of hydrogen-bond acceptors (Lipinski definition) is 1. The van der Waals surface area contributed by atoms with Gasteiger partial charge in [-0.2, -0.15) is 0 Å². The number of ether oxygens (including phenoxy) is 1. The van der Waals surface area contributed by atoms with E-state index in [0.717, 1.165) is 22.7 Å². The van der Waals surface area contributed by atoms with Gasteiger partial charge in [-0.1, -0.05) is 71.8 Å². The van der Waals surface area contributed by atoms with E-state index >= 15 is 0 Å². The van der Waals surface area contributed by atoms with E-state index in [1.54, 1.807) is 0 Å². The Kier molecular flexibility index (Phi) is 4.46. The molecule has 3 nitrogen and oxygen atoms in total. The van der Waals surface area contributed by atoms with Crippen LogP contribution >= 0.6 is 0 Å². The number of aryl methyl sites for hydroxylation is 2. The van der Waals surface area contributed by atoms with Crippen LogP contribution in [0.2, 0.25) is 0 Å². The van der Waals surface area contributed by atoms with E-state index in [9.17, 15) is 0 Å². The molecule has 0 saturated heterocycles. The molecule has 0 unspecified atom stereocenters. The van der Waals surface area contributed by atoms with Gasteiger partial charge in [-0.15, -0.1) is 0 Å². The van der Waals surface area contributed by atoms with Crippen molar-refractivity contribution in [2.24, 2.45) is 0 Å². The monoisotopic (exact) mass is 526 g/mol. The number of rotatable bonds is 2. The fraction of sp³-hybridized carbons (Fsp3) is 0.0526. The molecule has 0 fully saturated rings. The lowest BCUT2D eigenvalue weighted by Gasteiger charge is -2.20. The predicted octanol–water partition coefficient (Wildman–Crippen LogP) is 10.3. The molecule has 6 aromatic carbocycles. The largest absolute Gasteiger partial charge is 0.453 e. The lowest BCUT2D eigenvalue weighted by Crippen LogP contribution is -2.03. The van der Waals surface area contributed by atoms with Gasteiger partial charge in [0.1, 0.15) is 0 Å². The van der Waals surface area contributed by atoms with Gasteiger partial charge < -0.3 is 13.9 Å². The van der Waals surface area contributed by atoms with Crippen LogP contribution in [0.5, 0.6) is 11.5 Å². The van der Waals surface area contributed by atoms with E-state index in [4.69, 9.17) is 4.74 Å². The van der Waals surface area contributed by atoms with Crippen molar-refractivity contribution in [1.82, 2.24) is 9.13 Å². The highest BCUT2D eigenvalue weighted by molar-refractivity contribution is 6.17. The van der Waals surface area contributed by atoms with Crippen LogP contribution in [-0.4, -0.2) is 9.13 Å². The van der Waals surface area contributed by atoms with Gasteiger partial charge in [0.2, 0.25) is 0 Å². The molecule has 2 aromatic heterocycles. The summed E-state index contributed by atoms with van der Waals surface area (Å²) in [5.74, 6) is 1.78. The van der Waals surface area contributed by atoms with Gasteiger partial charge in [-0.25, -0.2) is 0 Å². The van der Waals surface area contributed by atoms with Gasteiger partial charge >= 0.3 is 0 Å². The van der Waals surface area contributed by atoms with E-state index in [1.807, 2.05) is 12.1 Å². The van der Waals surface area contributed by atoms with Gasteiger partial charge in [0.15, 0.2) is 11.5 Å². The summed E-state index contributed by atoms with van der Waals surface area (Å²) in [6.45, 7) is 4.33. The molecule has 3 heteroatoms. The molecular weight excluding hydrogens is 500 g/mol. The zero-order valence-electron chi connectivity index (χ0n) is 22.8. The van der Waals surface area contributed by atoms with Gasteiger partial charge in [0.05, 0.1) is 27.8 Å². The van der Waals surface area contributed by atoms with Gasteiger partial charge in [0.25, 0.3) is 0 Å². The minimum atomic E-state index is 0.885. The van der Waals surface area contributed by atoms with Gasteiger partial charge in [-0.3, -0.25) is 0 Å². The average Bonchev–Trinajstić information content (AvgIpc) is 3.51. The Bertz CT molecular complexity index is 2290. The Morgan fingerprint density at radius 2 is 1.20 bits per heavy atom. The van der Waals surface area contributed by atoms with Crippen LogP contribution in [-0.2, 0) is 0 Å². The fourth-order valence-electron chi connectivity index (χ4n) is 6.82. The third-order valence-electron chi connectivity index (χ3n) is 8.61. The molecule has 1 aliphatic heterocycles. The van der Waals surface area contributed by atoms with Crippen molar-refractivity contribution in [1.29, 1.82) is 0 Å². The summed E-state index contributed by atoms with van der Waals surface area (Å²) in [6.07, 6.45) is 0. The number of hydrogen-bond donors (Lipinski definition) is 0. The van der Waals surface area contributed by atoms with E-state index in [0.29, 0.717) is 0 Å². The topological polar surface area (TPSA) is 19.1 Å². The predicted molar refractivity (Wildman–Crippen MR) is 170 cm³/mol. The maximum absolute atomic E-state index is 6.34. The van der Waals surface area contributed by atoms with E-state index in [-0.39, 0.29) is 0 Å². The van der Waals surface area contributed by atoms with Crippen molar-refractivity contribution >= 4 is 43.6 Å². The molecule has 0 bridgehead atoms. The minimum Gasteiger partial charge on any atom is -0.453 e. The highest BCUT2D eigenvalue weighted by atomic mass is 16.5. The lowest BCUT2D eigenvalue weighted by atomic mass is 9.99. The first-order chi connectivity index (χ1) is 20.2. The Morgan fingerprint density at radius 3 is 1.95 bits per heavy atom. The summed E-state index contributed by atoms with van der Waals surface area (Å²) in [7, 11) is 0. The zero-order chi connectivity index (χ0) is 27.2. The number of nitrogens with zero attached hydrogens (tertiary/aromatic N) is 2. The molecule has 0 amide bonds. The number of para-hydroxylation sites is 3. The Balaban J connectivity index is 1.26. The van der Waals surface area contributed by atoms with E-state index in [2.05, 4.69) is 132 Å². The van der Waals surface area contributed by atoms with Crippen molar-refractivity contribution in [3.05, 3.63) is 132 Å². The molecule has 41 heavy (non-hydrogen) atoms. The molecule has 0 atom stereocenters. The summed E-state index contributed by atoms with van der Waals surface area (Å²) < 4.78 is 11.1. The SMILES string of the molecule is Cc1ccc2c(c1)c1cc(C)ccc1n2-c1ccc(-c2cccc3c2c2cccc4c2n3-c2ccccc2O4)cc1. The van der Waals surface area contributed by atoms with Crippen LogP contribution in [0.3, 0.4) is 0 Å². The van der Waals surface area contributed by atoms with Crippen LogP contribution in [0.1, 0.15) is 11.1 Å². The molecule has 8 aromatic rings. The first-order valence-corrected chi connectivity index (χ1v) is 14.1. The summed E-state index contributed by atoms with van der Waals surface area (Å²) in [5, 5.41) is 5.06. The average molecular weight is 527 g/mol. The van der Waals surface area contributed by atoms with Gasteiger partial charge in [0, 0.05) is 27.2 Å². The maximum Gasteiger partial charge on any atom is 0.152 e. The molecule has 9 rings (SSSR count). The van der Waals surface area contributed by atoms with E-state index in [1.165, 1.54) is 66.0 Å². The number of fused-ring (bicyclic) bond motifs is 8. The second-order valence-corrected chi connectivity index (χ2v) is 11.2. The quantitative estimate of drug-likeness (QED) is 0.219. The fourth-order valence-corrected chi connectivity index (χ4v) is 6.82. The first-order valence-electron chi connectivity index (χ1n) is 14.1. The van der Waals surface area contributed by atoms with Crippen LogP contribution < -0.4 is 4.74 Å². The zero-order valence-corrected chi connectivity index (χ0v) is 22.8. The van der Waals surface area contributed by atoms with Crippen molar-refractivity contribution in [3.63, 3.8) is 0 Å². The molecule has 0 aliphatic carbocycles. The van der Waals surface area contributed by atoms with Crippen LogP contribution in [0.4, 0.5) is 0 Å². The number of aromatic nitrogens is 2. The third kappa shape index (κ3) is 3.09. The second kappa shape index (κ2) is 8.12. The lowest BCUT2D eigenvalue weighted by molar-refractivity contribution is 0.476. The molecule has 0 saturated carbocycles. The molecule has 1 aliphatic rings. The highest BCUT2D eigenvalue weighted by Gasteiger charge is 2.24. The van der Waals surface area contributed by atoms with Gasteiger partial charge in [-0.05, 0) is 85.6 Å². The van der Waals surface area contributed by atoms with E-state index < -0.39 is 0 Å². The summed E-state index contributed by atoms with van der Waals surface area (Å²) in [4.78, 5) is 0. The standard InChI is InChI=1S/C38H26N2O/c1-23-13-19-31-29(21-23)30-22-24(2)14-20-32(30)39(31)26-17-15-25(16-18-26)27-7-5-10-34-37(27)28-8-6-12-36-38(28)40(34)33-9-3-4-11-35(33)41-36/h3-22H,1-2H3. The van der Waals surface area contributed by atoms with Crippen LogP contribution in [0.25, 0.3) is 66.1 Å².